The summed E-state index contributed by atoms with van der Waals surface area (Å²) in [6.45, 7) is 7.37. The van der Waals surface area contributed by atoms with E-state index in [4.69, 9.17) is 9.84 Å². The van der Waals surface area contributed by atoms with Gasteiger partial charge in [0, 0.05) is 33.0 Å². The van der Waals surface area contributed by atoms with Crippen molar-refractivity contribution in [3.8, 4) is 0 Å². The molecule has 0 atom stereocenters. The molecule has 1 N–H and O–H groups in total. The normalized spacial score (nSPS) is 11.4. The van der Waals surface area contributed by atoms with E-state index in [-0.39, 0.29) is 24.3 Å². The van der Waals surface area contributed by atoms with Crippen molar-refractivity contribution in [1.29, 1.82) is 0 Å². The Labute approximate surface area is 128 Å². The summed E-state index contributed by atoms with van der Waals surface area (Å²) in [6, 6.07) is 0. The summed E-state index contributed by atoms with van der Waals surface area (Å²) in [5, 5.41) is 8.57. The lowest BCUT2D eigenvalue weighted by Gasteiger charge is -2.30. The number of rotatable bonds is 12. The molecule has 124 valence electrons. The fourth-order valence-electron chi connectivity index (χ4n) is 2.16. The SMILES string of the molecule is CCCCCCOC(C)(C)CN(C)C(=O)CCCC(=O)O. The summed E-state index contributed by atoms with van der Waals surface area (Å²) in [7, 11) is 1.74. The highest BCUT2D eigenvalue weighted by Crippen LogP contribution is 2.13. The zero-order chi connectivity index (χ0) is 16.3. The Morgan fingerprint density at radius 1 is 1.10 bits per heavy atom. The number of nitrogens with zero attached hydrogens (tertiary/aromatic N) is 1. The molecule has 0 aromatic rings. The Morgan fingerprint density at radius 3 is 2.33 bits per heavy atom. The molecule has 0 saturated carbocycles. The number of hydrogen-bond donors (Lipinski definition) is 1. The van der Waals surface area contributed by atoms with Crippen molar-refractivity contribution >= 4 is 11.9 Å². The number of carboxylic acids is 1. The summed E-state index contributed by atoms with van der Waals surface area (Å²) in [6.07, 6.45) is 5.36. The molecule has 0 aliphatic heterocycles. The number of carbonyl (C=O) groups is 2. The molecule has 0 bridgehead atoms. The second-order valence-corrected chi connectivity index (χ2v) is 6.17. The quantitative estimate of drug-likeness (QED) is 0.563. The molecule has 0 aliphatic carbocycles. The number of unbranched alkanes of at least 4 members (excludes halogenated alkanes) is 3. The molecule has 0 fully saturated rings. The van der Waals surface area contributed by atoms with Crippen LogP contribution in [0.25, 0.3) is 0 Å². The van der Waals surface area contributed by atoms with Crippen molar-refractivity contribution in [2.45, 2.75) is 71.3 Å². The van der Waals surface area contributed by atoms with Crippen LogP contribution in [0.1, 0.15) is 65.7 Å². The van der Waals surface area contributed by atoms with Crippen LogP contribution in [0, 0.1) is 0 Å². The molecular formula is C16H31NO4. The number of carbonyl (C=O) groups excluding carboxylic acids is 1. The van der Waals surface area contributed by atoms with Crippen LogP contribution in [-0.2, 0) is 14.3 Å². The van der Waals surface area contributed by atoms with Gasteiger partial charge in [0.2, 0.25) is 5.91 Å². The minimum Gasteiger partial charge on any atom is -0.481 e. The standard InChI is InChI=1S/C16H31NO4/c1-5-6-7-8-12-21-16(2,3)13-17(4)14(18)10-9-11-15(19)20/h5-13H2,1-4H3,(H,19,20). The predicted octanol–water partition coefficient (Wildman–Crippen LogP) is 3.08. The molecule has 21 heavy (non-hydrogen) atoms. The van der Waals surface area contributed by atoms with Crippen molar-refractivity contribution in [3.63, 3.8) is 0 Å². The summed E-state index contributed by atoms with van der Waals surface area (Å²) in [5.74, 6) is -0.889. The van der Waals surface area contributed by atoms with E-state index < -0.39 is 5.97 Å². The van der Waals surface area contributed by atoms with Crippen LogP contribution in [0.2, 0.25) is 0 Å². The first kappa shape index (κ1) is 19.9. The lowest BCUT2D eigenvalue weighted by atomic mass is 10.1. The fraction of sp³-hybridized carbons (Fsp3) is 0.875. The van der Waals surface area contributed by atoms with Gasteiger partial charge in [-0.1, -0.05) is 26.2 Å². The van der Waals surface area contributed by atoms with E-state index in [0.29, 0.717) is 19.6 Å². The van der Waals surface area contributed by atoms with E-state index in [0.717, 1.165) is 6.42 Å². The topological polar surface area (TPSA) is 66.8 Å². The Morgan fingerprint density at radius 2 is 1.76 bits per heavy atom. The molecule has 0 aromatic carbocycles. The highest BCUT2D eigenvalue weighted by molar-refractivity contribution is 5.76. The zero-order valence-electron chi connectivity index (χ0n) is 14.0. The van der Waals surface area contributed by atoms with Crippen molar-refractivity contribution in [1.82, 2.24) is 4.90 Å². The molecule has 0 heterocycles. The van der Waals surface area contributed by atoms with E-state index in [1.165, 1.54) is 19.3 Å². The zero-order valence-corrected chi connectivity index (χ0v) is 14.0. The summed E-state index contributed by atoms with van der Waals surface area (Å²) < 4.78 is 5.85. The van der Waals surface area contributed by atoms with Crippen LogP contribution in [-0.4, -0.2) is 47.7 Å². The number of ether oxygens (including phenoxy) is 1. The molecule has 0 saturated heterocycles. The first-order chi connectivity index (χ1) is 9.78. The Bertz CT molecular complexity index is 315. The van der Waals surface area contributed by atoms with Crippen LogP contribution < -0.4 is 0 Å². The molecular weight excluding hydrogens is 270 g/mol. The van der Waals surface area contributed by atoms with Gasteiger partial charge >= 0.3 is 5.97 Å². The Hall–Kier alpha value is -1.10. The van der Waals surface area contributed by atoms with Gasteiger partial charge in [-0.05, 0) is 26.7 Å². The maximum absolute atomic E-state index is 11.9. The first-order valence-electron chi connectivity index (χ1n) is 7.88. The van der Waals surface area contributed by atoms with Crippen LogP contribution in [0.4, 0.5) is 0 Å². The maximum atomic E-state index is 11.9. The summed E-state index contributed by atoms with van der Waals surface area (Å²) in [5.41, 5.74) is -0.372. The third-order valence-electron chi connectivity index (χ3n) is 3.32. The summed E-state index contributed by atoms with van der Waals surface area (Å²) >= 11 is 0. The largest absolute Gasteiger partial charge is 0.481 e. The van der Waals surface area contributed by atoms with Gasteiger partial charge in [-0.2, -0.15) is 0 Å². The average molecular weight is 301 g/mol. The van der Waals surface area contributed by atoms with E-state index >= 15 is 0 Å². The molecule has 0 aliphatic rings. The third kappa shape index (κ3) is 11.3. The predicted molar refractivity (Wildman–Crippen MR) is 83.3 cm³/mol. The van der Waals surface area contributed by atoms with Gasteiger partial charge < -0.3 is 14.7 Å². The van der Waals surface area contributed by atoms with E-state index in [1.807, 2.05) is 13.8 Å². The van der Waals surface area contributed by atoms with Crippen LogP contribution in [0.15, 0.2) is 0 Å². The minimum absolute atomic E-state index is 0.0288. The lowest BCUT2D eigenvalue weighted by Crippen LogP contribution is -2.41. The van der Waals surface area contributed by atoms with Gasteiger partial charge in [-0.25, -0.2) is 0 Å². The van der Waals surface area contributed by atoms with Gasteiger partial charge in [-0.15, -0.1) is 0 Å². The smallest absolute Gasteiger partial charge is 0.303 e. The number of carboxylic acid groups (broad SMARTS) is 1. The Kier molecular flexibility index (Phi) is 10.0. The van der Waals surface area contributed by atoms with Gasteiger partial charge in [-0.3, -0.25) is 9.59 Å². The lowest BCUT2D eigenvalue weighted by molar-refractivity contribution is -0.137. The molecule has 0 spiro atoms. The maximum Gasteiger partial charge on any atom is 0.303 e. The number of aliphatic carboxylic acids is 1. The molecule has 5 nitrogen and oxygen atoms in total. The Balaban J connectivity index is 3.95. The van der Waals surface area contributed by atoms with Crippen LogP contribution in [0.3, 0.4) is 0 Å². The van der Waals surface area contributed by atoms with Crippen molar-refractivity contribution in [2.75, 3.05) is 20.2 Å². The molecule has 5 heteroatoms. The van der Waals surface area contributed by atoms with Crippen molar-refractivity contribution < 1.29 is 19.4 Å². The molecule has 0 unspecified atom stereocenters. The summed E-state index contributed by atoms with van der Waals surface area (Å²) in [4.78, 5) is 24.0. The highest BCUT2D eigenvalue weighted by Gasteiger charge is 2.23. The highest BCUT2D eigenvalue weighted by atomic mass is 16.5. The van der Waals surface area contributed by atoms with Gasteiger partial charge in [0.25, 0.3) is 0 Å². The fourth-order valence-corrected chi connectivity index (χ4v) is 2.16. The van der Waals surface area contributed by atoms with Gasteiger partial charge in [0.15, 0.2) is 0 Å². The molecule has 0 aromatic heterocycles. The number of hydrogen-bond acceptors (Lipinski definition) is 3. The van der Waals surface area contributed by atoms with Gasteiger partial charge in [0.1, 0.15) is 0 Å². The van der Waals surface area contributed by atoms with E-state index in [2.05, 4.69) is 6.92 Å². The van der Waals surface area contributed by atoms with Crippen LogP contribution >= 0.6 is 0 Å². The molecule has 0 rings (SSSR count). The monoisotopic (exact) mass is 301 g/mol. The van der Waals surface area contributed by atoms with Gasteiger partial charge in [0.05, 0.1) is 5.60 Å². The average Bonchev–Trinajstić information content (AvgIpc) is 2.37. The van der Waals surface area contributed by atoms with E-state index in [1.54, 1.807) is 11.9 Å². The first-order valence-corrected chi connectivity index (χ1v) is 7.88. The number of amides is 1. The van der Waals surface area contributed by atoms with Crippen molar-refractivity contribution in [3.05, 3.63) is 0 Å². The molecule has 0 radical (unpaired) electrons. The number of likely N-dealkylation sites (N-methyl/N-ethyl adjacent to an activating group) is 1. The van der Waals surface area contributed by atoms with Crippen molar-refractivity contribution in [2.24, 2.45) is 0 Å². The second-order valence-electron chi connectivity index (χ2n) is 6.17. The third-order valence-corrected chi connectivity index (χ3v) is 3.32. The van der Waals surface area contributed by atoms with Crippen LogP contribution in [0.5, 0.6) is 0 Å². The molecule has 1 amide bonds. The van der Waals surface area contributed by atoms with E-state index in [9.17, 15) is 9.59 Å². The second kappa shape index (κ2) is 10.6. The minimum atomic E-state index is -0.860.